The summed E-state index contributed by atoms with van der Waals surface area (Å²) in [5.41, 5.74) is 3.28. The van der Waals surface area contributed by atoms with Gasteiger partial charge in [-0.1, -0.05) is 36.4 Å². The highest BCUT2D eigenvalue weighted by Gasteiger charge is 2.02. The Kier molecular flexibility index (Phi) is 7.26. The molecule has 2 rings (SSSR count). The molecule has 0 unspecified atom stereocenters. The first-order valence-corrected chi connectivity index (χ1v) is 7.92. The van der Waals surface area contributed by atoms with Gasteiger partial charge in [0.1, 0.15) is 5.75 Å². The van der Waals surface area contributed by atoms with E-state index in [0.717, 1.165) is 22.4 Å². The number of hydrogen-bond donors (Lipinski definition) is 2. The van der Waals surface area contributed by atoms with Gasteiger partial charge in [-0.25, -0.2) is 0 Å². The van der Waals surface area contributed by atoms with Crippen LogP contribution in [0, 0.1) is 0 Å². The molecule has 0 fully saturated rings. The van der Waals surface area contributed by atoms with Gasteiger partial charge in [-0.05, 0) is 28.8 Å². The Bertz CT molecular complexity index is 641. The van der Waals surface area contributed by atoms with Crippen LogP contribution in [0.3, 0.4) is 0 Å². The zero-order chi connectivity index (χ0) is 17.2. The molecule has 0 spiro atoms. The van der Waals surface area contributed by atoms with Crippen LogP contribution in [0.4, 0.5) is 0 Å². The van der Waals surface area contributed by atoms with E-state index in [0.29, 0.717) is 26.2 Å². The first kappa shape index (κ1) is 18.0. The highest BCUT2D eigenvalue weighted by Crippen LogP contribution is 2.23. The smallest absolute Gasteiger partial charge is 0.234 e. The Hall–Kier alpha value is -2.37. The summed E-state index contributed by atoms with van der Waals surface area (Å²) in [6.45, 7) is 2.08. The molecule has 5 heteroatoms. The molecule has 0 aromatic heterocycles. The van der Waals surface area contributed by atoms with Crippen LogP contribution in [0.25, 0.3) is 11.1 Å². The van der Waals surface area contributed by atoms with Gasteiger partial charge in [-0.2, -0.15) is 0 Å². The van der Waals surface area contributed by atoms with Crippen LogP contribution < -0.4 is 15.4 Å². The standard InChI is InChI=1S/C19H24N2O3/c1-23-11-10-20-14-19(22)21-13-15-6-8-16(9-7-15)17-4-3-5-18(12-17)24-2/h3-9,12,20H,10-11,13-14H2,1-2H3,(H,21,22). The second-order valence-electron chi connectivity index (χ2n) is 5.38. The van der Waals surface area contributed by atoms with Crippen molar-refractivity contribution in [1.29, 1.82) is 0 Å². The highest BCUT2D eigenvalue weighted by atomic mass is 16.5. The van der Waals surface area contributed by atoms with Crippen molar-refractivity contribution < 1.29 is 14.3 Å². The summed E-state index contributed by atoms with van der Waals surface area (Å²) in [6, 6.07) is 16.1. The second kappa shape index (κ2) is 9.70. The van der Waals surface area contributed by atoms with E-state index in [2.05, 4.69) is 10.6 Å². The van der Waals surface area contributed by atoms with Crippen molar-refractivity contribution in [3.8, 4) is 16.9 Å². The highest BCUT2D eigenvalue weighted by molar-refractivity contribution is 5.78. The monoisotopic (exact) mass is 328 g/mol. The van der Waals surface area contributed by atoms with E-state index in [1.807, 2.05) is 48.5 Å². The Morgan fingerprint density at radius 1 is 1.04 bits per heavy atom. The van der Waals surface area contributed by atoms with Crippen molar-refractivity contribution in [1.82, 2.24) is 10.6 Å². The lowest BCUT2D eigenvalue weighted by Crippen LogP contribution is -2.34. The molecule has 0 bridgehead atoms. The molecule has 2 aromatic rings. The minimum absolute atomic E-state index is 0.0250. The number of ether oxygens (including phenoxy) is 2. The minimum atomic E-state index is -0.0250. The van der Waals surface area contributed by atoms with Crippen molar-refractivity contribution in [2.45, 2.75) is 6.54 Å². The van der Waals surface area contributed by atoms with Gasteiger partial charge >= 0.3 is 0 Å². The number of amides is 1. The molecular formula is C19H24N2O3. The topological polar surface area (TPSA) is 59.6 Å². The third-order valence-electron chi connectivity index (χ3n) is 3.62. The normalized spacial score (nSPS) is 10.4. The lowest BCUT2D eigenvalue weighted by atomic mass is 10.0. The van der Waals surface area contributed by atoms with Crippen LogP contribution in [0.1, 0.15) is 5.56 Å². The van der Waals surface area contributed by atoms with E-state index in [-0.39, 0.29) is 5.91 Å². The third kappa shape index (κ3) is 5.68. The van der Waals surface area contributed by atoms with E-state index in [1.165, 1.54) is 0 Å². The summed E-state index contributed by atoms with van der Waals surface area (Å²) in [7, 11) is 3.30. The second-order valence-corrected chi connectivity index (χ2v) is 5.38. The molecule has 0 saturated carbocycles. The summed E-state index contributed by atoms with van der Waals surface area (Å²) in [5, 5.41) is 5.91. The summed E-state index contributed by atoms with van der Waals surface area (Å²) in [5.74, 6) is 0.813. The van der Waals surface area contributed by atoms with Gasteiger partial charge < -0.3 is 20.1 Å². The van der Waals surface area contributed by atoms with Gasteiger partial charge in [0.2, 0.25) is 5.91 Å². The molecule has 24 heavy (non-hydrogen) atoms. The van der Waals surface area contributed by atoms with Crippen molar-refractivity contribution in [2.75, 3.05) is 33.9 Å². The number of benzene rings is 2. The van der Waals surface area contributed by atoms with E-state index in [1.54, 1.807) is 14.2 Å². The van der Waals surface area contributed by atoms with Crippen molar-refractivity contribution in [3.63, 3.8) is 0 Å². The molecule has 0 aliphatic carbocycles. The van der Waals surface area contributed by atoms with Gasteiger partial charge in [0.05, 0.1) is 20.3 Å². The SMILES string of the molecule is COCCNCC(=O)NCc1ccc(-c2cccc(OC)c2)cc1. The zero-order valence-electron chi connectivity index (χ0n) is 14.2. The number of carbonyl (C=O) groups is 1. The predicted molar refractivity (Wildman–Crippen MR) is 95.0 cm³/mol. The fraction of sp³-hybridized carbons (Fsp3) is 0.316. The maximum absolute atomic E-state index is 11.7. The molecule has 0 atom stereocenters. The summed E-state index contributed by atoms with van der Waals surface area (Å²) >= 11 is 0. The first-order valence-electron chi connectivity index (χ1n) is 7.92. The average molecular weight is 328 g/mol. The van der Waals surface area contributed by atoms with E-state index in [4.69, 9.17) is 9.47 Å². The Morgan fingerprint density at radius 2 is 1.83 bits per heavy atom. The fourth-order valence-electron chi connectivity index (χ4n) is 2.26. The van der Waals surface area contributed by atoms with Gasteiger partial charge in [0.15, 0.2) is 0 Å². The van der Waals surface area contributed by atoms with Gasteiger partial charge in [-0.3, -0.25) is 4.79 Å². The molecule has 0 aliphatic rings. The van der Waals surface area contributed by atoms with Crippen molar-refractivity contribution in [3.05, 3.63) is 54.1 Å². The number of nitrogens with one attached hydrogen (secondary N) is 2. The summed E-state index contributed by atoms with van der Waals surface area (Å²) in [4.78, 5) is 11.7. The molecule has 0 heterocycles. The molecule has 2 N–H and O–H groups in total. The van der Waals surface area contributed by atoms with Gasteiger partial charge in [-0.15, -0.1) is 0 Å². The molecule has 128 valence electrons. The molecule has 1 amide bonds. The Labute approximate surface area is 143 Å². The number of methoxy groups -OCH3 is 2. The fourth-order valence-corrected chi connectivity index (χ4v) is 2.26. The van der Waals surface area contributed by atoms with Crippen molar-refractivity contribution >= 4 is 5.91 Å². The van der Waals surface area contributed by atoms with E-state index >= 15 is 0 Å². The van der Waals surface area contributed by atoms with Gasteiger partial charge in [0.25, 0.3) is 0 Å². The molecule has 0 aliphatic heterocycles. The molecule has 2 aromatic carbocycles. The zero-order valence-corrected chi connectivity index (χ0v) is 14.2. The van der Waals surface area contributed by atoms with Crippen LogP contribution in [0.15, 0.2) is 48.5 Å². The van der Waals surface area contributed by atoms with Crippen LogP contribution in [0.5, 0.6) is 5.75 Å². The average Bonchev–Trinajstić information content (AvgIpc) is 2.64. The van der Waals surface area contributed by atoms with E-state index < -0.39 is 0 Å². The maximum atomic E-state index is 11.7. The number of hydrogen-bond acceptors (Lipinski definition) is 4. The molecular weight excluding hydrogens is 304 g/mol. The van der Waals surface area contributed by atoms with E-state index in [9.17, 15) is 4.79 Å². The molecule has 5 nitrogen and oxygen atoms in total. The summed E-state index contributed by atoms with van der Waals surface area (Å²) in [6.07, 6.45) is 0. The van der Waals surface area contributed by atoms with Crippen LogP contribution in [-0.4, -0.2) is 39.8 Å². The quantitative estimate of drug-likeness (QED) is 0.693. The Morgan fingerprint density at radius 3 is 2.54 bits per heavy atom. The largest absolute Gasteiger partial charge is 0.497 e. The molecule has 0 radical (unpaired) electrons. The van der Waals surface area contributed by atoms with Crippen LogP contribution in [0.2, 0.25) is 0 Å². The predicted octanol–water partition coefficient (Wildman–Crippen LogP) is 2.21. The third-order valence-corrected chi connectivity index (χ3v) is 3.62. The lowest BCUT2D eigenvalue weighted by molar-refractivity contribution is -0.120. The number of rotatable bonds is 9. The van der Waals surface area contributed by atoms with Crippen LogP contribution in [-0.2, 0) is 16.1 Å². The van der Waals surface area contributed by atoms with Gasteiger partial charge in [0, 0.05) is 20.2 Å². The minimum Gasteiger partial charge on any atom is -0.497 e. The van der Waals surface area contributed by atoms with Crippen molar-refractivity contribution in [2.24, 2.45) is 0 Å². The maximum Gasteiger partial charge on any atom is 0.234 e. The number of carbonyl (C=O) groups excluding carboxylic acids is 1. The lowest BCUT2D eigenvalue weighted by Gasteiger charge is -2.08. The molecule has 0 saturated heterocycles. The Balaban J connectivity index is 1.84. The van der Waals surface area contributed by atoms with Crippen LogP contribution >= 0.6 is 0 Å². The summed E-state index contributed by atoms with van der Waals surface area (Å²) < 4.78 is 10.2. The first-order chi connectivity index (χ1) is 11.7.